The highest BCUT2D eigenvalue weighted by molar-refractivity contribution is 5.92. The Morgan fingerprint density at radius 1 is 1.21 bits per heavy atom. The van der Waals surface area contributed by atoms with Crippen molar-refractivity contribution in [1.82, 2.24) is 30.0 Å². The highest BCUT2D eigenvalue weighted by Gasteiger charge is 2.30. The monoisotopic (exact) mass is 378 g/mol. The number of nitrogens with zero attached hydrogens (tertiary/aromatic N) is 6. The van der Waals surface area contributed by atoms with Crippen LogP contribution in [-0.4, -0.2) is 48.5 Å². The van der Waals surface area contributed by atoms with Crippen LogP contribution in [0.25, 0.3) is 11.3 Å². The number of hydrogen-bond acceptors (Lipinski definition) is 7. The molecule has 0 aliphatic carbocycles. The molecule has 4 heterocycles. The smallest absolute Gasteiger partial charge is 0.274 e. The maximum Gasteiger partial charge on any atom is 0.274 e. The van der Waals surface area contributed by atoms with Crippen molar-refractivity contribution in [2.45, 2.75) is 45.6 Å². The molecular weight excluding hydrogens is 356 g/mol. The zero-order valence-corrected chi connectivity index (χ0v) is 16.0. The molecule has 1 atom stereocenters. The van der Waals surface area contributed by atoms with Gasteiger partial charge in [0, 0.05) is 31.2 Å². The molecule has 0 spiro atoms. The largest absolute Gasteiger partial charge is 0.361 e. The van der Waals surface area contributed by atoms with Crippen LogP contribution in [0.1, 0.15) is 46.9 Å². The fraction of sp³-hybridized carbons (Fsp3) is 0.400. The maximum absolute atomic E-state index is 12.7. The van der Waals surface area contributed by atoms with Gasteiger partial charge in [-0.05, 0) is 39.5 Å². The zero-order chi connectivity index (χ0) is 19.5. The van der Waals surface area contributed by atoms with Crippen LogP contribution in [-0.2, 0) is 6.42 Å². The Morgan fingerprint density at radius 2 is 2.11 bits per heavy atom. The third-order valence-corrected chi connectivity index (χ3v) is 5.13. The quantitative estimate of drug-likeness (QED) is 0.673. The van der Waals surface area contributed by atoms with Crippen LogP contribution in [0.5, 0.6) is 0 Å². The topological polar surface area (TPSA) is 97.9 Å². The highest BCUT2D eigenvalue weighted by atomic mass is 16.5. The summed E-state index contributed by atoms with van der Waals surface area (Å²) in [6, 6.07) is 0.180. The van der Waals surface area contributed by atoms with E-state index >= 15 is 0 Å². The second kappa shape index (κ2) is 7.84. The van der Waals surface area contributed by atoms with Crippen LogP contribution >= 0.6 is 0 Å². The van der Waals surface area contributed by atoms with Gasteiger partial charge in [0.2, 0.25) is 0 Å². The number of carbonyl (C=O) groups is 1. The van der Waals surface area contributed by atoms with E-state index in [0.29, 0.717) is 5.69 Å². The van der Waals surface area contributed by atoms with Gasteiger partial charge in [0.25, 0.3) is 5.91 Å². The van der Waals surface area contributed by atoms with Gasteiger partial charge in [-0.1, -0.05) is 5.16 Å². The summed E-state index contributed by atoms with van der Waals surface area (Å²) < 4.78 is 5.24. The second-order valence-corrected chi connectivity index (χ2v) is 7.02. The fourth-order valence-corrected chi connectivity index (χ4v) is 3.77. The van der Waals surface area contributed by atoms with Gasteiger partial charge in [-0.2, -0.15) is 0 Å². The minimum atomic E-state index is -0.0499. The fourth-order valence-electron chi connectivity index (χ4n) is 3.77. The molecule has 1 fully saturated rings. The van der Waals surface area contributed by atoms with Crippen molar-refractivity contribution in [1.29, 1.82) is 0 Å². The summed E-state index contributed by atoms with van der Waals surface area (Å²) in [6.07, 6.45) is 11.7. The Kier molecular flexibility index (Phi) is 5.10. The van der Waals surface area contributed by atoms with Crippen molar-refractivity contribution in [3.63, 3.8) is 0 Å². The summed E-state index contributed by atoms with van der Waals surface area (Å²) in [5, 5.41) is 3.99. The average molecular weight is 378 g/mol. The summed E-state index contributed by atoms with van der Waals surface area (Å²) in [6.45, 7) is 4.53. The number of carbonyl (C=O) groups excluding carboxylic acids is 1. The Balaban J connectivity index is 1.46. The Hall–Kier alpha value is -3.16. The lowest BCUT2D eigenvalue weighted by atomic mass is 10.1. The minimum Gasteiger partial charge on any atom is -0.361 e. The van der Waals surface area contributed by atoms with Crippen molar-refractivity contribution in [2.75, 3.05) is 6.54 Å². The van der Waals surface area contributed by atoms with E-state index < -0.39 is 0 Å². The average Bonchev–Trinajstić information content (AvgIpc) is 3.33. The lowest BCUT2D eigenvalue weighted by Crippen LogP contribution is -2.36. The minimum absolute atomic E-state index is 0.0499. The zero-order valence-electron chi connectivity index (χ0n) is 16.0. The normalized spacial score (nSPS) is 16.5. The first-order valence-corrected chi connectivity index (χ1v) is 9.44. The van der Waals surface area contributed by atoms with Crippen LogP contribution in [0.4, 0.5) is 0 Å². The number of aryl methyl sites for hydroxylation is 3. The Morgan fingerprint density at radius 3 is 2.86 bits per heavy atom. The summed E-state index contributed by atoms with van der Waals surface area (Å²) in [4.78, 5) is 31.9. The molecule has 144 valence electrons. The van der Waals surface area contributed by atoms with E-state index in [1.807, 2.05) is 18.7 Å². The molecule has 0 aromatic carbocycles. The Bertz CT molecular complexity index is 952. The van der Waals surface area contributed by atoms with Gasteiger partial charge >= 0.3 is 0 Å². The van der Waals surface area contributed by atoms with Crippen LogP contribution in [0.15, 0.2) is 35.5 Å². The third kappa shape index (κ3) is 3.62. The molecule has 1 saturated heterocycles. The number of aromatic nitrogens is 5. The van der Waals surface area contributed by atoms with E-state index in [1.165, 1.54) is 6.20 Å². The standard InChI is InChI=1S/C20H22N6O2/c1-13-19(14(2)28-25-13)17-11-22-10-15(24-17)5-6-16-4-3-9-26(16)20(27)18-12-21-7-8-23-18/h7-8,10-12,16H,3-6,9H2,1-2H3/t16-/m0/s1. The summed E-state index contributed by atoms with van der Waals surface area (Å²) in [5.41, 5.74) is 3.77. The van der Waals surface area contributed by atoms with E-state index in [0.717, 1.165) is 60.6 Å². The Labute approximate surface area is 163 Å². The van der Waals surface area contributed by atoms with E-state index in [-0.39, 0.29) is 11.9 Å². The highest BCUT2D eigenvalue weighted by Crippen LogP contribution is 2.26. The molecule has 8 heteroatoms. The van der Waals surface area contributed by atoms with Crippen LogP contribution in [0, 0.1) is 13.8 Å². The van der Waals surface area contributed by atoms with Crippen LogP contribution in [0.3, 0.4) is 0 Å². The molecule has 4 rings (SSSR count). The maximum atomic E-state index is 12.7. The van der Waals surface area contributed by atoms with E-state index in [4.69, 9.17) is 9.51 Å². The predicted octanol–water partition coefficient (Wildman–Crippen LogP) is 2.78. The van der Waals surface area contributed by atoms with Crippen molar-refractivity contribution in [2.24, 2.45) is 0 Å². The lowest BCUT2D eigenvalue weighted by molar-refractivity contribution is 0.0724. The van der Waals surface area contributed by atoms with Crippen molar-refractivity contribution < 1.29 is 9.32 Å². The molecule has 1 aliphatic rings. The molecule has 3 aromatic heterocycles. The van der Waals surface area contributed by atoms with Gasteiger partial charge in [-0.15, -0.1) is 0 Å². The number of hydrogen-bond donors (Lipinski definition) is 0. The van der Waals surface area contributed by atoms with Gasteiger partial charge in [0.05, 0.1) is 35.0 Å². The van der Waals surface area contributed by atoms with Crippen LogP contribution in [0.2, 0.25) is 0 Å². The van der Waals surface area contributed by atoms with Crippen LogP contribution < -0.4 is 0 Å². The molecule has 28 heavy (non-hydrogen) atoms. The van der Waals surface area contributed by atoms with Crippen molar-refractivity contribution in [3.8, 4) is 11.3 Å². The predicted molar refractivity (Wildman–Crippen MR) is 101 cm³/mol. The lowest BCUT2D eigenvalue weighted by Gasteiger charge is -2.24. The molecule has 1 amide bonds. The molecule has 0 N–H and O–H groups in total. The van der Waals surface area contributed by atoms with Gasteiger partial charge in [0.1, 0.15) is 11.5 Å². The number of rotatable bonds is 5. The number of amides is 1. The number of likely N-dealkylation sites (tertiary alicyclic amines) is 1. The SMILES string of the molecule is Cc1noc(C)c1-c1cncc(CC[C@@H]2CCCN2C(=O)c2cnccn2)n1. The summed E-state index contributed by atoms with van der Waals surface area (Å²) >= 11 is 0. The van der Waals surface area contributed by atoms with Gasteiger partial charge in [-0.25, -0.2) is 9.97 Å². The first-order valence-electron chi connectivity index (χ1n) is 9.44. The van der Waals surface area contributed by atoms with Gasteiger partial charge in [-0.3, -0.25) is 14.8 Å². The molecule has 0 saturated carbocycles. The molecular formula is C20H22N6O2. The van der Waals surface area contributed by atoms with E-state index in [9.17, 15) is 4.79 Å². The first-order chi connectivity index (χ1) is 13.6. The molecule has 0 unspecified atom stereocenters. The van der Waals surface area contributed by atoms with E-state index in [2.05, 4.69) is 20.1 Å². The van der Waals surface area contributed by atoms with Gasteiger partial charge in [0.15, 0.2) is 0 Å². The summed E-state index contributed by atoms with van der Waals surface area (Å²) in [5.74, 6) is 0.687. The molecule has 0 bridgehead atoms. The molecule has 0 radical (unpaired) electrons. The molecule has 1 aliphatic heterocycles. The van der Waals surface area contributed by atoms with Gasteiger partial charge < -0.3 is 9.42 Å². The molecule has 3 aromatic rings. The van der Waals surface area contributed by atoms with Crippen molar-refractivity contribution >= 4 is 5.91 Å². The van der Waals surface area contributed by atoms with Crippen molar-refractivity contribution in [3.05, 3.63) is 53.8 Å². The summed E-state index contributed by atoms with van der Waals surface area (Å²) in [7, 11) is 0. The first kappa shape index (κ1) is 18.2. The second-order valence-electron chi connectivity index (χ2n) is 7.02. The molecule has 8 nitrogen and oxygen atoms in total. The van der Waals surface area contributed by atoms with E-state index in [1.54, 1.807) is 24.8 Å². The third-order valence-electron chi connectivity index (χ3n) is 5.13.